The minimum Gasteiger partial charge on any atom is -0.386 e. The molecule has 0 saturated carbocycles. The molecular formula is C20H15F2O4P. The number of hydrogen-bond donors (Lipinski definition) is 0. The van der Waals surface area contributed by atoms with Gasteiger partial charge in [0.15, 0.2) is 0 Å². The summed E-state index contributed by atoms with van der Waals surface area (Å²) in [5, 5.41) is 0. The van der Waals surface area contributed by atoms with Crippen LogP contribution < -0.4 is 9.05 Å². The van der Waals surface area contributed by atoms with Crippen molar-refractivity contribution in [3.63, 3.8) is 0 Å². The minimum atomic E-state index is -4.48. The van der Waals surface area contributed by atoms with Crippen molar-refractivity contribution in [3.05, 3.63) is 103 Å². The Morgan fingerprint density at radius 1 is 0.667 bits per heavy atom. The van der Waals surface area contributed by atoms with E-state index in [4.69, 9.17) is 13.6 Å². The number of phosphoric acid groups is 1. The van der Waals surface area contributed by atoms with Gasteiger partial charge in [0, 0.05) is 5.56 Å². The number of para-hydroxylation sites is 2. The first-order chi connectivity index (χ1) is 13.1. The molecule has 0 bridgehead atoms. The Morgan fingerprint density at radius 2 is 1.07 bits per heavy atom. The highest BCUT2D eigenvalue weighted by molar-refractivity contribution is 7.49. The average Bonchev–Trinajstić information content (AvgIpc) is 2.68. The summed E-state index contributed by atoms with van der Waals surface area (Å²) in [6, 6.07) is 23.7. The predicted molar refractivity (Wildman–Crippen MR) is 98.4 cm³/mol. The molecule has 27 heavy (non-hydrogen) atoms. The van der Waals surface area contributed by atoms with Gasteiger partial charge in [-0.05, 0) is 24.3 Å². The molecule has 0 atom stereocenters. The highest BCUT2D eigenvalue weighted by Crippen LogP contribution is 2.53. The maximum Gasteiger partial charge on any atom is 0.647 e. The van der Waals surface area contributed by atoms with Crippen molar-refractivity contribution in [1.82, 2.24) is 0 Å². The average molecular weight is 388 g/mol. The van der Waals surface area contributed by atoms with Gasteiger partial charge in [-0.1, -0.05) is 66.7 Å². The van der Waals surface area contributed by atoms with Crippen LogP contribution in [0, 0.1) is 0 Å². The molecule has 0 aromatic heterocycles. The molecule has 138 valence electrons. The van der Waals surface area contributed by atoms with Crippen LogP contribution in [0.4, 0.5) is 8.78 Å². The van der Waals surface area contributed by atoms with Crippen LogP contribution in [0.5, 0.6) is 11.5 Å². The Kier molecular flexibility index (Phi) is 5.89. The maximum atomic E-state index is 13.5. The second-order valence-corrected chi connectivity index (χ2v) is 6.74. The van der Waals surface area contributed by atoms with Crippen LogP contribution in [-0.2, 0) is 9.09 Å². The highest BCUT2D eigenvalue weighted by Gasteiger charge is 2.36. The van der Waals surface area contributed by atoms with Crippen LogP contribution in [0.25, 0.3) is 5.76 Å². The zero-order chi connectivity index (χ0) is 19.1. The molecule has 0 fully saturated rings. The van der Waals surface area contributed by atoms with Crippen molar-refractivity contribution in [2.24, 2.45) is 0 Å². The minimum absolute atomic E-state index is 0.0473. The Balaban J connectivity index is 1.96. The second kappa shape index (κ2) is 8.52. The van der Waals surface area contributed by atoms with Crippen LogP contribution in [0.15, 0.2) is 97.1 Å². The van der Waals surface area contributed by atoms with E-state index in [1.54, 1.807) is 54.6 Å². The molecule has 0 amide bonds. The number of halogens is 2. The number of rotatable bonds is 7. The van der Waals surface area contributed by atoms with Gasteiger partial charge in [0.05, 0.1) is 0 Å². The highest BCUT2D eigenvalue weighted by atomic mass is 31.2. The van der Waals surface area contributed by atoms with Crippen molar-refractivity contribution in [3.8, 4) is 11.5 Å². The molecule has 0 unspecified atom stereocenters. The summed E-state index contributed by atoms with van der Waals surface area (Å²) in [4.78, 5) is 0. The molecule has 0 aliphatic heterocycles. The molecule has 3 aromatic carbocycles. The second-order valence-electron chi connectivity index (χ2n) is 5.30. The Hall–Kier alpha value is -3.11. The topological polar surface area (TPSA) is 44.8 Å². The first-order valence-electron chi connectivity index (χ1n) is 7.95. The molecule has 0 spiro atoms. The maximum absolute atomic E-state index is 13.5. The Labute approximate surface area is 155 Å². The third-order valence-electron chi connectivity index (χ3n) is 3.33. The number of hydrogen-bond acceptors (Lipinski definition) is 4. The summed E-state index contributed by atoms with van der Waals surface area (Å²) < 4.78 is 56.1. The Bertz CT molecular complexity index is 898. The SMILES string of the molecule is O=P(OC(=C(F)F)c1ccccc1)(Oc1ccccc1)Oc1ccccc1. The smallest absolute Gasteiger partial charge is 0.386 e. The fraction of sp³-hybridized carbons (Fsp3) is 0. The van der Waals surface area contributed by atoms with Crippen LogP contribution >= 0.6 is 7.82 Å². The molecule has 7 heteroatoms. The number of phosphoric ester groups is 1. The standard InChI is InChI=1S/C20H15F2O4P/c21-20(22)19(16-10-4-1-5-11-16)26-27(23,24-17-12-6-2-7-13-17)25-18-14-8-3-9-15-18/h1-15H. The normalized spacial score (nSPS) is 10.7. The zero-order valence-corrected chi connectivity index (χ0v) is 14.9. The van der Waals surface area contributed by atoms with Gasteiger partial charge >= 0.3 is 13.9 Å². The molecule has 3 rings (SSSR count). The van der Waals surface area contributed by atoms with Gasteiger partial charge in [-0.25, -0.2) is 0 Å². The first-order valence-corrected chi connectivity index (χ1v) is 9.41. The van der Waals surface area contributed by atoms with E-state index >= 15 is 0 Å². The van der Waals surface area contributed by atoms with E-state index in [2.05, 4.69) is 0 Å². The summed E-state index contributed by atoms with van der Waals surface area (Å²) >= 11 is 0. The molecule has 0 aliphatic carbocycles. The van der Waals surface area contributed by atoms with Crippen LogP contribution in [0.3, 0.4) is 0 Å². The molecule has 0 saturated heterocycles. The molecule has 0 heterocycles. The van der Waals surface area contributed by atoms with Gasteiger partial charge in [-0.2, -0.15) is 13.3 Å². The van der Waals surface area contributed by atoms with Gasteiger partial charge in [0.1, 0.15) is 11.5 Å². The first kappa shape index (κ1) is 18.7. The van der Waals surface area contributed by atoms with Crippen molar-refractivity contribution in [1.29, 1.82) is 0 Å². The van der Waals surface area contributed by atoms with Crippen LogP contribution in [0.1, 0.15) is 5.56 Å². The third-order valence-corrected chi connectivity index (χ3v) is 4.61. The fourth-order valence-electron chi connectivity index (χ4n) is 2.17. The largest absolute Gasteiger partial charge is 0.647 e. The van der Waals surface area contributed by atoms with E-state index in [0.29, 0.717) is 0 Å². The fourth-order valence-corrected chi connectivity index (χ4v) is 3.44. The quantitative estimate of drug-likeness (QED) is 0.341. The summed E-state index contributed by atoms with van der Waals surface area (Å²) in [6.07, 6.45) is -2.14. The lowest BCUT2D eigenvalue weighted by atomic mass is 10.2. The van der Waals surface area contributed by atoms with E-state index < -0.39 is 19.7 Å². The van der Waals surface area contributed by atoms with Crippen molar-refractivity contribution in [2.45, 2.75) is 0 Å². The van der Waals surface area contributed by atoms with Gasteiger partial charge in [0.2, 0.25) is 5.76 Å². The lowest BCUT2D eigenvalue weighted by molar-refractivity contribution is 0.273. The van der Waals surface area contributed by atoms with Gasteiger partial charge in [0.25, 0.3) is 0 Å². The van der Waals surface area contributed by atoms with Crippen LogP contribution in [0.2, 0.25) is 0 Å². The van der Waals surface area contributed by atoms with E-state index in [-0.39, 0.29) is 17.1 Å². The lowest BCUT2D eigenvalue weighted by Gasteiger charge is -2.20. The predicted octanol–water partition coefficient (Wildman–Crippen LogP) is 6.53. The monoisotopic (exact) mass is 388 g/mol. The van der Waals surface area contributed by atoms with E-state index in [9.17, 15) is 13.3 Å². The number of benzene rings is 3. The Morgan fingerprint density at radius 3 is 1.48 bits per heavy atom. The van der Waals surface area contributed by atoms with Gasteiger partial charge in [-0.15, -0.1) is 0 Å². The summed E-state index contributed by atoms with van der Waals surface area (Å²) in [5.41, 5.74) is 0.0473. The van der Waals surface area contributed by atoms with Crippen molar-refractivity contribution >= 4 is 13.6 Å². The summed E-state index contributed by atoms with van der Waals surface area (Å²) in [5.74, 6) is -0.558. The molecular weight excluding hydrogens is 373 g/mol. The molecule has 0 aliphatic rings. The zero-order valence-electron chi connectivity index (χ0n) is 14.0. The van der Waals surface area contributed by atoms with Gasteiger partial charge in [-0.3, -0.25) is 0 Å². The summed E-state index contributed by atoms with van der Waals surface area (Å²) in [6.45, 7) is 0. The summed E-state index contributed by atoms with van der Waals surface area (Å²) in [7, 11) is -4.48. The van der Waals surface area contributed by atoms with E-state index in [1.807, 2.05) is 0 Å². The lowest BCUT2D eigenvalue weighted by Crippen LogP contribution is -2.05. The molecule has 3 aromatic rings. The molecule has 0 N–H and O–H groups in total. The third kappa shape index (κ3) is 5.19. The van der Waals surface area contributed by atoms with Crippen LogP contribution in [-0.4, -0.2) is 0 Å². The van der Waals surface area contributed by atoms with Crippen molar-refractivity contribution in [2.75, 3.05) is 0 Å². The van der Waals surface area contributed by atoms with E-state index in [1.165, 1.54) is 36.4 Å². The molecule has 4 nitrogen and oxygen atoms in total. The molecule has 0 radical (unpaired) electrons. The van der Waals surface area contributed by atoms with E-state index in [0.717, 1.165) is 0 Å². The van der Waals surface area contributed by atoms with Gasteiger partial charge < -0.3 is 13.6 Å². The van der Waals surface area contributed by atoms with Crippen molar-refractivity contribution < 1.29 is 26.9 Å².